The molecule has 4 aromatic carbocycles. The number of benzene rings is 4. The second-order valence-electron chi connectivity index (χ2n) is 7.52. The van der Waals surface area contributed by atoms with Gasteiger partial charge in [0.05, 0.1) is 5.70 Å². The maximum atomic E-state index is 2.30. The van der Waals surface area contributed by atoms with E-state index in [4.69, 9.17) is 0 Å². The quantitative estimate of drug-likeness (QED) is 0.341. The lowest BCUT2D eigenvalue weighted by Crippen LogP contribution is -2.14. The Balaban J connectivity index is 1.76. The summed E-state index contributed by atoms with van der Waals surface area (Å²) in [4.78, 5) is 2.30. The molecule has 1 heterocycles. The van der Waals surface area contributed by atoms with Gasteiger partial charge in [0.1, 0.15) is 0 Å². The largest absolute Gasteiger partial charge is 0.316 e. The zero-order chi connectivity index (χ0) is 20.9. The Bertz CT molecular complexity index is 1240. The summed E-state index contributed by atoms with van der Waals surface area (Å²) in [6, 6.07) is 42.3. The molecule has 0 amide bonds. The smallest absolute Gasteiger partial charge is 0.0534 e. The lowest BCUT2D eigenvalue weighted by molar-refractivity contribution is 1.30. The van der Waals surface area contributed by atoms with Crippen LogP contribution in [0.2, 0.25) is 0 Å². The van der Waals surface area contributed by atoms with Gasteiger partial charge in [0, 0.05) is 11.9 Å². The first-order chi connectivity index (χ1) is 15.4. The molecule has 0 radical (unpaired) electrons. The van der Waals surface area contributed by atoms with Gasteiger partial charge in [0.25, 0.3) is 0 Å². The number of allylic oxidation sites excluding steroid dienone is 4. The van der Waals surface area contributed by atoms with Gasteiger partial charge >= 0.3 is 0 Å². The third kappa shape index (κ3) is 4.12. The van der Waals surface area contributed by atoms with Crippen LogP contribution in [0, 0.1) is 0 Å². The molecule has 0 unspecified atom stereocenters. The highest BCUT2D eigenvalue weighted by Gasteiger charge is 2.18. The normalized spacial score (nSPS) is 13.7. The number of rotatable bonds is 4. The summed E-state index contributed by atoms with van der Waals surface area (Å²) >= 11 is 0. The number of anilines is 1. The maximum Gasteiger partial charge on any atom is 0.0534 e. The molecule has 0 fully saturated rings. The van der Waals surface area contributed by atoms with Gasteiger partial charge in [-0.05, 0) is 52.1 Å². The summed E-state index contributed by atoms with van der Waals surface area (Å²) in [5.41, 5.74) is 8.21. The van der Waals surface area contributed by atoms with E-state index < -0.39 is 0 Å². The fourth-order valence-electron chi connectivity index (χ4n) is 3.89. The molecule has 5 rings (SSSR count). The van der Waals surface area contributed by atoms with Gasteiger partial charge in [0.2, 0.25) is 0 Å². The van der Waals surface area contributed by atoms with Gasteiger partial charge in [-0.15, -0.1) is 0 Å². The monoisotopic (exact) mass is 397 g/mol. The molecule has 1 nitrogen and oxygen atoms in total. The average Bonchev–Trinajstić information content (AvgIpc) is 3.07. The zero-order valence-electron chi connectivity index (χ0n) is 17.2. The Kier molecular flexibility index (Phi) is 5.32. The van der Waals surface area contributed by atoms with E-state index >= 15 is 0 Å². The van der Waals surface area contributed by atoms with Crippen molar-refractivity contribution >= 4 is 22.5 Å². The molecule has 1 aliphatic heterocycles. The Morgan fingerprint density at radius 3 is 1.39 bits per heavy atom. The fraction of sp³-hybridized carbons (Fsp3) is 0. The van der Waals surface area contributed by atoms with Crippen LogP contribution in [0.5, 0.6) is 0 Å². The summed E-state index contributed by atoms with van der Waals surface area (Å²) in [5.74, 6) is 0. The van der Waals surface area contributed by atoms with Crippen LogP contribution in [0.1, 0.15) is 16.7 Å². The van der Waals surface area contributed by atoms with Crippen LogP contribution in [0.3, 0.4) is 0 Å². The molecule has 0 atom stereocenters. The number of para-hydroxylation sites is 1. The number of nitrogens with zero attached hydrogens (tertiary/aromatic N) is 1. The van der Waals surface area contributed by atoms with Crippen LogP contribution < -0.4 is 4.90 Å². The minimum Gasteiger partial charge on any atom is -0.316 e. The summed E-state index contributed by atoms with van der Waals surface area (Å²) in [7, 11) is 0. The third-order valence-electron chi connectivity index (χ3n) is 5.45. The van der Waals surface area contributed by atoms with Crippen molar-refractivity contribution in [1.82, 2.24) is 0 Å². The highest BCUT2D eigenvalue weighted by atomic mass is 15.1. The lowest BCUT2D eigenvalue weighted by atomic mass is 9.99. The van der Waals surface area contributed by atoms with Crippen LogP contribution in [0.4, 0.5) is 5.69 Å². The Labute approximate surface area is 183 Å². The van der Waals surface area contributed by atoms with E-state index in [0.717, 1.165) is 11.4 Å². The van der Waals surface area contributed by atoms with E-state index in [0.29, 0.717) is 0 Å². The molecule has 0 aromatic heterocycles. The molecule has 0 bridgehead atoms. The lowest BCUT2D eigenvalue weighted by Gasteiger charge is -2.24. The second kappa shape index (κ2) is 8.73. The van der Waals surface area contributed by atoms with Crippen LogP contribution in [0.25, 0.3) is 16.8 Å². The highest BCUT2D eigenvalue weighted by Crippen LogP contribution is 2.36. The first kappa shape index (κ1) is 18.9. The van der Waals surface area contributed by atoms with Crippen LogP contribution in [-0.2, 0) is 0 Å². The molecule has 0 spiro atoms. The number of hydrogen-bond acceptors (Lipinski definition) is 1. The fourth-order valence-corrected chi connectivity index (χ4v) is 3.89. The van der Waals surface area contributed by atoms with Gasteiger partial charge in [-0.2, -0.15) is 0 Å². The first-order valence-electron chi connectivity index (χ1n) is 10.5. The van der Waals surface area contributed by atoms with Crippen LogP contribution in [0.15, 0.2) is 140 Å². The molecule has 148 valence electrons. The van der Waals surface area contributed by atoms with Gasteiger partial charge < -0.3 is 4.90 Å². The molecule has 0 saturated carbocycles. The molecular weight excluding hydrogens is 374 g/mol. The second-order valence-corrected chi connectivity index (χ2v) is 7.52. The molecule has 0 N–H and O–H groups in total. The molecular formula is C30H23N. The van der Waals surface area contributed by atoms with Gasteiger partial charge in [-0.1, -0.05) is 109 Å². The van der Waals surface area contributed by atoms with Crippen molar-refractivity contribution in [3.8, 4) is 0 Å². The van der Waals surface area contributed by atoms with Gasteiger partial charge in [-0.3, -0.25) is 0 Å². The van der Waals surface area contributed by atoms with E-state index in [2.05, 4.69) is 145 Å². The minimum atomic E-state index is 1.13. The summed E-state index contributed by atoms with van der Waals surface area (Å²) in [6.45, 7) is 0. The van der Waals surface area contributed by atoms with Crippen LogP contribution >= 0.6 is 0 Å². The SMILES string of the molecule is C1=C(c2ccccc2)C=C(c2ccccc2)N(c2ccccc2)C=C1c1ccccc1. The predicted octanol–water partition coefficient (Wildman–Crippen LogP) is 7.67. The van der Waals surface area contributed by atoms with E-state index in [1.165, 1.54) is 27.8 Å². The van der Waals surface area contributed by atoms with Crippen molar-refractivity contribution in [2.45, 2.75) is 0 Å². The van der Waals surface area contributed by atoms with Gasteiger partial charge in [-0.25, -0.2) is 0 Å². The molecule has 31 heavy (non-hydrogen) atoms. The van der Waals surface area contributed by atoms with Crippen molar-refractivity contribution in [1.29, 1.82) is 0 Å². The zero-order valence-corrected chi connectivity index (χ0v) is 17.2. The van der Waals surface area contributed by atoms with E-state index in [1.54, 1.807) is 0 Å². The first-order valence-corrected chi connectivity index (χ1v) is 10.5. The average molecular weight is 398 g/mol. The summed E-state index contributed by atoms with van der Waals surface area (Å²) in [5, 5.41) is 0. The summed E-state index contributed by atoms with van der Waals surface area (Å²) < 4.78 is 0. The molecule has 0 saturated heterocycles. The van der Waals surface area contributed by atoms with Crippen molar-refractivity contribution in [3.63, 3.8) is 0 Å². The van der Waals surface area contributed by atoms with Crippen molar-refractivity contribution in [2.75, 3.05) is 4.90 Å². The Hall–Kier alpha value is -4.10. The Morgan fingerprint density at radius 1 is 0.387 bits per heavy atom. The Morgan fingerprint density at radius 2 is 0.839 bits per heavy atom. The van der Waals surface area contributed by atoms with Crippen LogP contribution in [-0.4, -0.2) is 0 Å². The summed E-state index contributed by atoms with van der Waals surface area (Å²) in [6.07, 6.45) is 6.83. The highest BCUT2D eigenvalue weighted by molar-refractivity contribution is 5.99. The van der Waals surface area contributed by atoms with E-state index in [9.17, 15) is 0 Å². The van der Waals surface area contributed by atoms with Crippen molar-refractivity contribution in [3.05, 3.63) is 156 Å². The minimum absolute atomic E-state index is 1.13. The molecule has 4 aromatic rings. The molecule has 1 aliphatic rings. The van der Waals surface area contributed by atoms with Crippen molar-refractivity contribution in [2.24, 2.45) is 0 Å². The molecule has 1 heteroatoms. The number of hydrogen-bond donors (Lipinski definition) is 0. The van der Waals surface area contributed by atoms with Crippen molar-refractivity contribution < 1.29 is 0 Å². The van der Waals surface area contributed by atoms with Gasteiger partial charge in [0.15, 0.2) is 0 Å². The van der Waals surface area contributed by atoms with E-state index in [1.807, 2.05) is 0 Å². The predicted molar refractivity (Wildman–Crippen MR) is 132 cm³/mol. The third-order valence-corrected chi connectivity index (χ3v) is 5.45. The topological polar surface area (TPSA) is 3.24 Å². The standard InChI is InChI=1S/C30H23N/c1-5-13-24(14-6-1)27-21-28(25-15-7-2-8-16-25)23-31(29-19-11-4-12-20-29)30(22-27)26-17-9-3-10-18-26/h1-23H. The molecule has 0 aliphatic carbocycles. The van der Waals surface area contributed by atoms with E-state index in [-0.39, 0.29) is 0 Å². The maximum absolute atomic E-state index is 2.30.